The van der Waals surface area contributed by atoms with E-state index < -0.39 is 0 Å². The van der Waals surface area contributed by atoms with Gasteiger partial charge in [0.05, 0.1) is 12.1 Å². The summed E-state index contributed by atoms with van der Waals surface area (Å²) in [6, 6.07) is 8.87. The largest absolute Gasteiger partial charge is 0.490 e. The molecule has 30 heavy (non-hydrogen) atoms. The molecule has 3 aromatic rings. The topological polar surface area (TPSA) is 91.7 Å². The lowest BCUT2D eigenvalue weighted by Gasteiger charge is -2.19. The van der Waals surface area contributed by atoms with Crippen molar-refractivity contribution in [3.63, 3.8) is 0 Å². The maximum atomic E-state index is 12.8. The molecule has 0 bridgehead atoms. The minimum atomic E-state index is -0.220. The Morgan fingerprint density at radius 2 is 1.97 bits per heavy atom. The van der Waals surface area contributed by atoms with E-state index in [0.29, 0.717) is 23.7 Å². The van der Waals surface area contributed by atoms with Gasteiger partial charge in [-0.2, -0.15) is 0 Å². The van der Waals surface area contributed by atoms with Crippen molar-refractivity contribution in [2.24, 2.45) is 0 Å². The number of aryl methyl sites for hydroxylation is 2. The molecule has 0 saturated heterocycles. The lowest BCUT2D eigenvalue weighted by Crippen LogP contribution is -2.28. The summed E-state index contributed by atoms with van der Waals surface area (Å²) in [6.45, 7) is 11.3. The zero-order valence-electron chi connectivity index (χ0n) is 18.0. The Hall–Kier alpha value is -3.13. The molecule has 0 aliphatic heterocycles. The van der Waals surface area contributed by atoms with E-state index in [0.717, 1.165) is 36.6 Å². The lowest BCUT2D eigenvalue weighted by atomic mass is 10.1. The third-order valence-corrected chi connectivity index (χ3v) is 5.26. The predicted molar refractivity (Wildman–Crippen MR) is 117 cm³/mol. The molecule has 3 rings (SSSR count). The van der Waals surface area contributed by atoms with Gasteiger partial charge in [0.2, 0.25) is 5.91 Å². The number of aromatic nitrogens is 3. The number of hydrogen-bond donors (Lipinski definition) is 2. The second kappa shape index (κ2) is 9.58. The SMILES string of the molecule is CCN(CC)CCOc1ccccc1NC(=O)Cc1c(C)nc2cc(=O)[nH]n2c1C. The van der Waals surface area contributed by atoms with Crippen molar-refractivity contribution >= 4 is 17.2 Å². The van der Waals surface area contributed by atoms with E-state index in [-0.39, 0.29) is 17.9 Å². The number of likely N-dealkylation sites (N-methyl/N-ethyl adjacent to an activating group) is 1. The van der Waals surface area contributed by atoms with Gasteiger partial charge in [-0.25, -0.2) is 9.50 Å². The smallest absolute Gasteiger partial charge is 0.266 e. The number of amides is 1. The monoisotopic (exact) mass is 411 g/mol. The zero-order chi connectivity index (χ0) is 21.7. The quantitative estimate of drug-likeness (QED) is 0.565. The molecule has 0 saturated carbocycles. The maximum Gasteiger partial charge on any atom is 0.266 e. The van der Waals surface area contributed by atoms with E-state index in [1.807, 2.05) is 38.1 Å². The number of H-pyrrole nitrogens is 1. The first-order valence-electron chi connectivity index (χ1n) is 10.2. The molecular formula is C22H29N5O3. The predicted octanol–water partition coefficient (Wildman–Crippen LogP) is 2.54. The number of para-hydroxylation sites is 2. The number of ether oxygens (including phenoxy) is 1. The molecule has 0 spiro atoms. The molecule has 1 aromatic carbocycles. The summed E-state index contributed by atoms with van der Waals surface area (Å²) >= 11 is 0. The Morgan fingerprint density at radius 3 is 2.70 bits per heavy atom. The summed E-state index contributed by atoms with van der Waals surface area (Å²) in [7, 11) is 0. The van der Waals surface area contributed by atoms with Crippen LogP contribution in [0.4, 0.5) is 5.69 Å². The summed E-state index contributed by atoms with van der Waals surface area (Å²) in [5.41, 5.74) is 3.27. The van der Waals surface area contributed by atoms with E-state index in [4.69, 9.17) is 4.74 Å². The van der Waals surface area contributed by atoms with Crippen LogP contribution in [0.5, 0.6) is 5.75 Å². The molecule has 0 fully saturated rings. The Morgan fingerprint density at radius 1 is 1.23 bits per heavy atom. The van der Waals surface area contributed by atoms with Crippen molar-refractivity contribution < 1.29 is 9.53 Å². The van der Waals surface area contributed by atoms with E-state index >= 15 is 0 Å². The molecule has 0 unspecified atom stereocenters. The molecule has 0 atom stereocenters. The van der Waals surface area contributed by atoms with E-state index in [9.17, 15) is 9.59 Å². The van der Waals surface area contributed by atoms with Crippen molar-refractivity contribution in [3.8, 4) is 5.75 Å². The Kier molecular flexibility index (Phi) is 6.89. The summed E-state index contributed by atoms with van der Waals surface area (Å²) in [4.78, 5) is 31.1. The first kappa shape index (κ1) is 21.6. The summed E-state index contributed by atoms with van der Waals surface area (Å²) in [5.74, 6) is 0.478. The average molecular weight is 412 g/mol. The lowest BCUT2D eigenvalue weighted by molar-refractivity contribution is -0.115. The minimum absolute atomic E-state index is 0.147. The molecule has 8 nitrogen and oxygen atoms in total. The van der Waals surface area contributed by atoms with Gasteiger partial charge in [0, 0.05) is 29.6 Å². The van der Waals surface area contributed by atoms with Crippen LogP contribution in [0.15, 0.2) is 35.1 Å². The number of anilines is 1. The van der Waals surface area contributed by atoms with Crippen LogP contribution in [0.2, 0.25) is 0 Å². The Labute approximate surface area is 175 Å². The second-order valence-corrected chi connectivity index (χ2v) is 7.17. The minimum Gasteiger partial charge on any atom is -0.490 e. The fraction of sp³-hybridized carbons (Fsp3) is 0.409. The van der Waals surface area contributed by atoms with Crippen LogP contribution in [0.3, 0.4) is 0 Å². The average Bonchev–Trinajstić information content (AvgIpc) is 3.10. The number of carbonyl (C=O) groups is 1. The molecule has 0 radical (unpaired) electrons. The summed E-state index contributed by atoms with van der Waals surface area (Å²) < 4.78 is 7.53. The van der Waals surface area contributed by atoms with Gasteiger partial charge in [0.15, 0.2) is 5.65 Å². The number of carbonyl (C=O) groups excluding carboxylic acids is 1. The molecule has 2 heterocycles. The number of rotatable bonds is 9. The molecule has 0 aliphatic rings. The van der Waals surface area contributed by atoms with Crippen molar-refractivity contribution in [2.45, 2.75) is 34.1 Å². The first-order valence-corrected chi connectivity index (χ1v) is 10.2. The number of hydrogen-bond acceptors (Lipinski definition) is 5. The maximum absolute atomic E-state index is 12.8. The summed E-state index contributed by atoms with van der Waals surface area (Å²) in [5, 5.41) is 5.66. The van der Waals surface area contributed by atoms with Crippen molar-refractivity contribution in [3.05, 3.63) is 57.6 Å². The Bertz CT molecular complexity index is 1080. The van der Waals surface area contributed by atoms with E-state index in [1.54, 1.807) is 4.52 Å². The van der Waals surface area contributed by atoms with Gasteiger partial charge in [-0.05, 0) is 39.1 Å². The highest BCUT2D eigenvalue weighted by Gasteiger charge is 2.15. The van der Waals surface area contributed by atoms with Crippen molar-refractivity contribution in [1.29, 1.82) is 0 Å². The molecular weight excluding hydrogens is 382 g/mol. The molecule has 0 aliphatic carbocycles. The van der Waals surface area contributed by atoms with Gasteiger partial charge >= 0.3 is 0 Å². The third kappa shape index (κ3) is 4.88. The standard InChI is InChI=1S/C22H29N5O3/c1-5-26(6-2)11-12-30-19-10-8-7-9-18(19)24-21(28)13-17-15(3)23-20-14-22(29)25-27(20)16(17)4/h7-10,14H,5-6,11-13H2,1-4H3,(H,24,28)(H,25,29). The van der Waals surface area contributed by atoms with Crippen molar-refractivity contribution in [2.75, 3.05) is 31.6 Å². The fourth-order valence-electron chi connectivity index (χ4n) is 3.49. The molecule has 1 amide bonds. The third-order valence-electron chi connectivity index (χ3n) is 5.26. The van der Waals surface area contributed by atoms with Crippen molar-refractivity contribution in [1.82, 2.24) is 19.5 Å². The van der Waals surface area contributed by atoms with Crippen LogP contribution in [0.1, 0.15) is 30.8 Å². The van der Waals surface area contributed by atoms with Crippen LogP contribution in [-0.2, 0) is 11.2 Å². The second-order valence-electron chi connectivity index (χ2n) is 7.17. The fourth-order valence-corrected chi connectivity index (χ4v) is 3.49. The molecule has 2 N–H and O–H groups in total. The summed E-state index contributed by atoms with van der Waals surface area (Å²) in [6.07, 6.45) is 0.147. The number of nitrogens with one attached hydrogen (secondary N) is 2. The number of aromatic amines is 1. The normalized spacial score (nSPS) is 11.2. The van der Waals surface area contributed by atoms with Gasteiger partial charge in [0.25, 0.3) is 5.56 Å². The van der Waals surface area contributed by atoms with Crippen LogP contribution < -0.4 is 15.6 Å². The van der Waals surface area contributed by atoms with E-state index in [2.05, 4.69) is 34.1 Å². The van der Waals surface area contributed by atoms with Gasteiger partial charge in [-0.3, -0.25) is 14.7 Å². The molecule has 2 aromatic heterocycles. The highest BCUT2D eigenvalue weighted by Crippen LogP contribution is 2.24. The first-order chi connectivity index (χ1) is 14.4. The van der Waals surface area contributed by atoms with Gasteiger partial charge in [0.1, 0.15) is 12.4 Å². The van der Waals surface area contributed by atoms with E-state index in [1.165, 1.54) is 6.07 Å². The van der Waals surface area contributed by atoms with Crippen LogP contribution in [-0.4, -0.2) is 51.6 Å². The number of nitrogens with zero attached hydrogens (tertiary/aromatic N) is 3. The highest BCUT2D eigenvalue weighted by molar-refractivity contribution is 5.94. The zero-order valence-corrected chi connectivity index (χ0v) is 18.0. The van der Waals surface area contributed by atoms with Gasteiger partial charge < -0.3 is 15.0 Å². The number of fused-ring (bicyclic) bond motifs is 1. The van der Waals surface area contributed by atoms with Gasteiger partial charge in [-0.15, -0.1) is 0 Å². The van der Waals surface area contributed by atoms with Gasteiger partial charge in [-0.1, -0.05) is 26.0 Å². The van der Waals surface area contributed by atoms with Crippen LogP contribution in [0, 0.1) is 13.8 Å². The van der Waals surface area contributed by atoms with Crippen LogP contribution in [0.25, 0.3) is 5.65 Å². The Balaban J connectivity index is 1.71. The number of benzene rings is 1. The molecule has 160 valence electrons. The highest BCUT2D eigenvalue weighted by atomic mass is 16.5. The van der Waals surface area contributed by atoms with Crippen LogP contribution >= 0.6 is 0 Å². The molecule has 8 heteroatoms.